The van der Waals surface area contributed by atoms with Crippen molar-refractivity contribution in [3.63, 3.8) is 0 Å². The van der Waals surface area contributed by atoms with E-state index >= 15 is 0 Å². The van der Waals surface area contributed by atoms with E-state index in [9.17, 15) is 0 Å². The molecule has 0 aliphatic carbocycles. The van der Waals surface area contributed by atoms with Gasteiger partial charge in [-0.25, -0.2) is 0 Å². The standard InChI is InChI=1S/C16H33NO2/c1-8-9-17-14(10-12(2)18-7)13-11-15(3,4)19-16(13,5)6/h12-14,17H,8-11H2,1-7H3. The van der Waals surface area contributed by atoms with Gasteiger partial charge < -0.3 is 14.8 Å². The molecule has 19 heavy (non-hydrogen) atoms. The lowest BCUT2D eigenvalue weighted by Gasteiger charge is -2.34. The van der Waals surface area contributed by atoms with E-state index in [0.29, 0.717) is 12.0 Å². The van der Waals surface area contributed by atoms with E-state index in [1.54, 1.807) is 7.11 Å². The molecule has 0 amide bonds. The molecule has 1 aliphatic rings. The third-order valence-corrected chi connectivity index (χ3v) is 4.27. The molecule has 0 radical (unpaired) electrons. The van der Waals surface area contributed by atoms with Crippen LogP contribution in [0.15, 0.2) is 0 Å². The van der Waals surface area contributed by atoms with E-state index in [0.717, 1.165) is 25.8 Å². The molecule has 3 atom stereocenters. The van der Waals surface area contributed by atoms with Gasteiger partial charge in [-0.1, -0.05) is 6.92 Å². The third kappa shape index (κ3) is 4.73. The Hall–Kier alpha value is -0.120. The highest BCUT2D eigenvalue weighted by Crippen LogP contribution is 2.44. The molecule has 1 N–H and O–H groups in total. The minimum absolute atomic E-state index is 0.0172. The Morgan fingerprint density at radius 3 is 2.37 bits per heavy atom. The maximum Gasteiger partial charge on any atom is 0.0677 e. The molecule has 0 bridgehead atoms. The van der Waals surface area contributed by atoms with Crippen LogP contribution in [0.4, 0.5) is 0 Å². The summed E-state index contributed by atoms with van der Waals surface area (Å²) in [4.78, 5) is 0. The molecule has 3 heteroatoms. The van der Waals surface area contributed by atoms with Gasteiger partial charge in [-0.15, -0.1) is 0 Å². The maximum atomic E-state index is 6.24. The zero-order valence-electron chi connectivity index (χ0n) is 13.9. The van der Waals surface area contributed by atoms with Crippen molar-refractivity contribution in [3.8, 4) is 0 Å². The maximum absolute atomic E-state index is 6.24. The first-order valence-electron chi connectivity index (χ1n) is 7.68. The van der Waals surface area contributed by atoms with Crippen molar-refractivity contribution < 1.29 is 9.47 Å². The van der Waals surface area contributed by atoms with E-state index in [1.807, 2.05) is 0 Å². The van der Waals surface area contributed by atoms with Gasteiger partial charge in [0.05, 0.1) is 17.3 Å². The summed E-state index contributed by atoms with van der Waals surface area (Å²) in [6, 6.07) is 0.465. The van der Waals surface area contributed by atoms with Crippen molar-refractivity contribution >= 4 is 0 Å². The third-order valence-electron chi connectivity index (χ3n) is 4.27. The van der Waals surface area contributed by atoms with Crippen LogP contribution >= 0.6 is 0 Å². The first-order valence-corrected chi connectivity index (χ1v) is 7.68. The molecular weight excluding hydrogens is 238 g/mol. The van der Waals surface area contributed by atoms with Gasteiger partial charge in [-0.05, 0) is 60.4 Å². The summed E-state index contributed by atoms with van der Waals surface area (Å²) in [5.41, 5.74) is -0.0843. The van der Waals surface area contributed by atoms with E-state index in [1.165, 1.54) is 0 Å². The second-order valence-electron chi connectivity index (χ2n) is 7.12. The van der Waals surface area contributed by atoms with Crippen molar-refractivity contribution in [2.24, 2.45) is 5.92 Å². The van der Waals surface area contributed by atoms with Gasteiger partial charge in [0.1, 0.15) is 0 Å². The van der Waals surface area contributed by atoms with Crippen molar-refractivity contribution in [2.75, 3.05) is 13.7 Å². The minimum atomic E-state index is -0.0671. The summed E-state index contributed by atoms with van der Waals surface area (Å²) in [5, 5.41) is 3.71. The van der Waals surface area contributed by atoms with Crippen LogP contribution in [-0.2, 0) is 9.47 Å². The summed E-state index contributed by atoms with van der Waals surface area (Å²) < 4.78 is 11.7. The van der Waals surface area contributed by atoms with Gasteiger partial charge in [-0.3, -0.25) is 0 Å². The quantitative estimate of drug-likeness (QED) is 0.770. The largest absolute Gasteiger partial charge is 0.382 e. The Bertz CT molecular complexity index is 276. The number of ether oxygens (including phenoxy) is 2. The van der Waals surface area contributed by atoms with Crippen LogP contribution in [0.5, 0.6) is 0 Å². The lowest BCUT2D eigenvalue weighted by atomic mass is 9.79. The number of rotatable bonds is 7. The Kier molecular flexibility index (Phi) is 5.84. The SMILES string of the molecule is CCCNC(CC(C)OC)C1CC(C)(C)OC1(C)C. The first-order chi connectivity index (χ1) is 8.72. The average Bonchev–Trinajstić information content (AvgIpc) is 2.52. The lowest BCUT2D eigenvalue weighted by molar-refractivity contribution is -0.0790. The Labute approximate surface area is 119 Å². The highest BCUT2D eigenvalue weighted by Gasteiger charge is 2.48. The number of hydrogen-bond donors (Lipinski definition) is 1. The van der Waals surface area contributed by atoms with Crippen LogP contribution < -0.4 is 5.32 Å². The van der Waals surface area contributed by atoms with Crippen molar-refractivity contribution in [2.45, 2.75) is 84.2 Å². The molecule has 1 aliphatic heterocycles. The molecule has 0 aromatic carbocycles. The predicted octanol–water partition coefficient (Wildman–Crippen LogP) is 3.37. The monoisotopic (exact) mass is 271 g/mol. The smallest absolute Gasteiger partial charge is 0.0677 e. The number of methoxy groups -OCH3 is 1. The fourth-order valence-electron chi connectivity index (χ4n) is 3.41. The normalized spacial score (nSPS) is 28.3. The number of nitrogens with one attached hydrogen (secondary N) is 1. The molecule has 3 unspecified atom stereocenters. The summed E-state index contributed by atoms with van der Waals surface area (Å²) in [6.07, 6.45) is 3.60. The molecule has 1 saturated heterocycles. The fourth-order valence-corrected chi connectivity index (χ4v) is 3.41. The molecule has 1 rings (SSSR count). The Morgan fingerprint density at radius 1 is 1.32 bits per heavy atom. The Balaban J connectivity index is 2.78. The van der Waals surface area contributed by atoms with E-state index < -0.39 is 0 Å². The molecule has 0 aromatic heterocycles. The van der Waals surface area contributed by atoms with E-state index in [2.05, 4.69) is 46.9 Å². The summed E-state index contributed by atoms with van der Waals surface area (Å²) in [5.74, 6) is 0.534. The fraction of sp³-hybridized carbons (Fsp3) is 1.00. The molecule has 0 spiro atoms. The van der Waals surface area contributed by atoms with E-state index in [4.69, 9.17) is 9.47 Å². The van der Waals surface area contributed by atoms with Gasteiger partial charge in [0, 0.05) is 19.1 Å². The molecule has 1 heterocycles. The molecular formula is C16H33NO2. The molecule has 114 valence electrons. The zero-order chi connectivity index (χ0) is 14.7. The topological polar surface area (TPSA) is 30.5 Å². The van der Waals surface area contributed by atoms with Gasteiger partial charge in [0.15, 0.2) is 0 Å². The Morgan fingerprint density at radius 2 is 1.95 bits per heavy atom. The van der Waals surface area contributed by atoms with Crippen molar-refractivity contribution in [1.82, 2.24) is 5.32 Å². The highest BCUT2D eigenvalue weighted by atomic mass is 16.5. The predicted molar refractivity (Wildman–Crippen MR) is 80.5 cm³/mol. The van der Waals surface area contributed by atoms with E-state index in [-0.39, 0.29) is 17.3 Å². The lowest BCUT2D eigenvalue weighted by Crippen LogP contribution is -2.46. The van der Waals surface area contributed by atoms with Crippen LogP contribution in [0, 0.1) is 5.92 Å². The van der Waals surface area contributed by atoms with Crippen LogP contribution in [0.3, 0.4) is 0 Å². The van der Waals surface area contributed by atoms with Crippen molar-refractivity contribution in [3.05, 3.63) is 0 Å². The van der Waals surface area contributed by atoms with Gasteiger partial charge in [-0.2, -0.15) is 0 Å². The van der Waals surface area contributed by atoms with Crippen LogP contribution in [0.25, 0.3) is 0 Å². The van der Waals surface area contributed by atoms with Crippen molar-refractivity contribution in [1.29, 1.82) is 0 Å². The summed E-state index contributed by atoms with van der Waals surface area (Å²) in [6.45, 7) is 14.3. The number of hydrogen-bond acceptors (Lipinski definition) is 3. The molecule has 3 nitrogen and oxygen atoms in total. The molecule has 0 saturated carbocycles. The first kappa shape index (κ1) is 16.9. The summed E-state index contributed by atoms with van der Waals surface area (Å²) >= 11 is 0. The second kappa shape index (κ2) is 6.55. The molecule has 0 aromatic rings. The van der Waals surface area contributed by atoms with Crippen LogP contribution in [0.1, 0.15) is 60.8 Å². The van der Waals surface area contributed by atoms with Gasteiger partial charge in [0.2, 0.25) is 0 Å². The summed E-state index contributed by atoms with van der Waals surface area (Å²) in [7, 11) is 1.79. The average molecular weight is 271 g/mol. The molecule has 1 fully saturated rings. The highest BCUT2D eigenvalue weighted by molar-refractivity contribution is 4.99. The van der Waals surface area contributed by atoms with Crippen LogP contribution in [-0.4, -0.2) is 37.0 Å². The van der Waals surface area contributed by atoms with Gasteiger partial charge >= 0.3 is 0 Å². The zero-order valence-corrected chi connectivity index (χ0v) is 13.9. The van der Waals surface area contributed by atoms with Crippen LogP contribution in [0.2, 0.25) is 0 Å². The van der Waals surface area contributed by atoms with Gasteiger partial charge in [0.25, 0.3) is 0 Å². The second-order valence-corrected chi connectivity index (χ2v) is 7.12. The minimum Gasteiger partial charge on any atom is -0.382 e.